The Hall–Kier alpha value is -2.17. The molecule has 82 valence electrons. The topological polar surface area (TPSA) is 60.5 Å². The summed E-state index contributed by atoms with van der Waals surface area (Å²) in [7, 11) is 0. The number of ether oxygens (including phenoxy) is 1. The molecule has 0 aliphatic carbocycles. The standard InChI is InChI=1S/C11H11N3O2/c1-2-15-7-12-10-6-4-3-5-9(10)11-14-13-8-16-11/h3-8H,2H2,1H3. The summed E-state index contributed by atoms with van der Waals surface area (Å²) in [5, 5.41) is 7.48. The first-order valence-electron chi connectivity index (χ1n) is 4.91. The lowest BCUT2D eigenvalue weighted by atomic mass is 10.2. The Morgan fingerprint density at radius 1 is 1.44 bits per heavy atom. The predicted octanol–water partition coefficient (Wildman–Crippen LogP) is 2.43. The van der Waals surface area contributed by atoms with Crippen LogP contribution < -0.4 is 0 Å². The molecule has 0 bridgehead atoms. The average Bonchev–Trinajstić information content (AvgIpc) is 2.83. The van der Waals surface area contributed by atoms with E-state index in [1.807, 2.05) is 31.2 Å². The van der Waals surface area contributed by atoms with Gasteiger partial charge in [0.2, 0.25) is 12.3 Å². The van der Waals surface area contributed by atoms with Gasteiger partial charge < -0.3 is 9.15 Å². The van der Waals surface area contributed by atoms with Gasteiger partial charge in [-0.25, -0.2) is 4.99 Å². The van der Waals surface area contributed by atoms with Crippen LogP contribution in [0.1, 0.15) is 6.92 Å². The molecule has 5 heteroatoms. The van der Waals surface area contributed by atoms with Crippen LogP contribution in [0.5, 0.6) is 0 Å². The molecule has 2 aromatic rings. The average molecular weight is 217 g/mol. The minimum atomic E-state index is 0.448. The summed E-state index contributed by atoms with van der Waals surface area (Å²) in [4.78, 5) is 4.18. The smallest absolute Gasteiger partial charge is 0.249 e. The van der Waals surface area contributed by atoms with Gasteiger partial charge in [-0.1, -0.05) is 12.1 Å². The van der Waals surface area contributed by atoms with Crippen LogP contribution >= 0.6 is 0 Å². The number of benzene rings is 1. The summed E-state index contributed by atoms with van der Waals surface area (Å²) >= 11 is 0. The van der Waals surface area contributed by atoms with Gasteiger partial charge in [0, 0.05) is 0 Å². The lowest BCUT2D eigenvalue weighted by Crippen LogP contribution is -1.85. The monoisotopic (exact) mass is 217 g/mol. The van der Waals surface area contributed by atoms with Crippen LogP contribution in [0, 0.1) is 0 Å². The van der Waals surface area contributed by atoms with Crippen molar-refractivity contribution in [2.24, 2.45) is 4.99 Å². The normalized spacial score (nSPS) is 10.8. The van der Waals surface area contributed by atoms with E-state index in [4.69, 9.17) is 9.15 Å². The maximum atomic E-state index is 5.13. The fourth-order valence-electron chi connectivity index (χ4n) is 1.23. The Labute approximate surface area is 92.8 Å². The van der Waals surface area contributed by atoms with Gasteiger partial charge in [0.15, 0.2) is 6.40 Å². The minimum absolute atomic E-state index is 0.448. The highest BCUT2D eigenvalue weighted by atomic mass is 16.5. The van der Waals surface area contributed by atoms with E-state index in [2.05, 4.69) is 15.2 Å². The van der Waals surface area contributed by atoms with E-state index < -0.39 is 0 Å². The first-order valence-corrected chi connectivity index (χ1v) is 4.91. The number of hydrogen-bond donors (Lipinski definition) is 0. The van der Waals surface area contributed by atoms with Crippen LogP contribution in [0.3, 0.4) is 0 Å². The van der Waals surface area contributed by atoms with Gasteiger partial charge in [-0.3, -0.25) is 0 Å². The lowest BCUT2D eigenvalue weighted by molar-refractivity contribution is 0.344. The third-order valence-electron chi connectivity index (χ3n) is 1.93. The Kier molecular flexibility index (Phi) is 3.28. The van der Waals surface area contributed by atoms with Crippen molar-refractivity contribution in [2.45, 2.75) is 6.92 Å². The molecule has 0 unspecified atom stereocenters. The van der Waals surface area contributed by atoms with E-state index >= 15 is 0 Å². The number of aliphatic imine (C=N–C) groups is 1. The van der Waals surface area contributed by atoms with Gasteiger partial charge in [-0.2, -0.15) is 0 Å². The molecule has 0 atom stereocenters. The Morgan fingerprint density at radius 3 is 3.06 bits per heavy atom. The number of rotatable bonds is 4. The largest absolute Gasteiger partial charge is 0.483 e. The van der Waals surface area contributed by atoms with Gasteiger partial charge in [0.05, 0.1) is 17.9 Å². The van der Waals surface area contributed by atoms with Crippen molar-refractivity contribution < 1.29 is 9.15 Å². The van der Waals surface area contributed by atoms with Crippen LogP contribution in [0.15, 0.2) is 40.1 Å². The molecule has 0 fully saturated rings. The second-order valence-corrected chi connectivity index (χ2v) is 2.95. The van der Waals surface area contributed by atoms with Crippen LogP contribution in [0.4, 0.5) is 5.69 Å². The van der Waals surface area contributed by atoms with E-state index in [-0.39, 0.29) is 0 Å². The van der Waals surface area contributed by atoms with Crippen molar-refractivity contribution in [2.75, 3.05) is 6.61 Å². The minimum Gasteiger partial charge on any atom is -0.483 e. The Morgan fingerprint density at radius 2 is 2.31 bits per heavy atom. The first kappa shape index (κ1) is 10.4. The third kappa shape index (κ3) is 2.25. The highest BCUT2D eigenvalue weighted by molar-refractivity contribution is 5.72. The van der Waals surface area contributed by atoms with E-state index in [0.717, 1.165) is 11.3 Å². The molecule has 1 aromatic carbocycles. The summed E-state index contributed by atoms with van der Waals surface area (Å²) in [6, 6.07) is 7.50. The lowest BCUT2D eigenvalue weighted by Gasteiger charge is -1.99. The zero-order valence-electron chi connectivity index (χ0n) is 8.83. The first-order chi connectivity index (χ1) is 7.92. The fourth-order valence-corrected chi connectivity index (χ4v) is 1.23. The van der Waals surface area contributed by atoms with E-state index in [1.165, 1.54) is 12.8 Å². The molecule has 0 saturated heterocycles. The molecular formula is C11H11N3O2. The Balaban J connectivity index is 2.31. The summed E-state index contributed by atoms with van der Waals surface area (Å²) < 4.78 is 10.2. The molecule has 16 heavy (non-hydrogen) atoms. The summed E-state index contributed by atoms with van der Waals surface area (Å²) in [6.07, 6.45) is 2.70. The van der Waals surface area contributed by atoms with E-state index in [1.54, 1.807) is 0 Å². The number of nitrogens with zero attached hydrogens (tertiary/aromatic N) is 3. The van der Waals surface area contributed by atoms with Crippen LogP contribution in [-0.4, -0.2) is 23.2 Å². The Bertz CT molecular complexity index is 466. The van der Waals surface area contributed by atoms with Crippen LogP contribution in [0.25, 0.3) is 11.5 Å². The third-order valence-corrected chi connectivity index (χ3v) is 1.93. The van der Waals surface area contributed by atoms with Gasteiger partial charge >= 0.3 is 0 Å². The number of para-hydroxylation sites is 1. The van der Waals surface area contributed by atoms with Gasteiger partial charge in [-0.15, -0.1) is 10.2 Å². The van der Waals surface area contributed by atoms with Crippen molar-refractivity contribution in [3.8, 4) is 11.5 Å². The number of hydrogen-bond acceptors (Lipinski definition) is 5. The summed E-state index contributed by atoms with van der Waals surface area (Å²) in [5.74, 6) is 0.448. The summed E-state index contributed by atoms with van der Waals surface area (Å²) in [6.45, 7) is 2.49. The molecule has 2 rings (SSSR count). The van der Waals surface area contributed by atoms with Crippen molar-refractivity contribution in [1.82, 2.24) is 10.2 Å². The molecular weight excluding hydrogens is 206 g/mol. The molecule has 1 aromatic heterocycles. The van der Waals surface area contributed by atoms with Crippen LogP contribution in [-0.2, 0) is 4.74 Å². The molecule has 0 aliphatic heterocycles. The van der Waals surface area contributed by atoms with Crippen molar-refractivity contribution in [1.29, 1.82) is 0 Å². The molecule has 0 spiro atoms. The zero-order chi connectivity index (χ0) is 11.2. The number of aromatic nitrogens is 2. The van der Waals surface area contributed by atoms with E-state index in [0.29, 0.717) is 12.5 Å². The molecule has 0 N–H and O–H groups in total. The molecule has 0 amide bonds. The summed E-state index contributed by atoms with van der Waals surface area (Å²) in [5.41, 5.74) is 1.52. The van der Waals surface area contributed by atoms with Crippen LogP contribution in [0.2, 0.25) is 0 Å². The quantitative estimate of drug-likeness (QED) is 0.583. The van der Waals surface area contributed by atoms with Crippen molar-refractivity contribution in [3.63, 3.8) is 0 Å². The van der Waals surface area contributed by atoms with Gasteiger partial charge in [0.25, 0.3) is 0 Å². The highest BCUT2D eigenvalue weighted by Gasteiger charge is 2.07. The molecule has 0 radical (unpaired) electrons. The predicted molar refractivity (Wildman–Crippen MR) is 59.5 cm³/mol. The highest BCUT2D eigenvalue weighted by Crippen LogP contribution is 2.27. The zero-order valence-corrected chi connectivity index (χ0v) is 8.83. The van der Waals surface area contributed by atoms with Gasteiger partial charge in [0.1, 0.15) is 0 Å². The maximum absolute atomic E-state index is 5.13. The van der Waals surface area contributed by atoms with Crippen molar-refractivity contribution >= 4 is 12.1 Å². The second kappa shape index (κ2) is 5.06. The van der Waals surface area contributed by atoms with E-state index in [9.17, 15) is 0 Å². The molecule has 1 heterocycles. The van der Waals surface area contributed by atoms with Gasteiger partial charge in [-0.05, 0) is 19.1 Å². The van der Waals surface area contributed by atoms with Crippen molar-refractivity contribution in [3.05, 3.63) is 30.7 Å². The maximum Gasteiger partial charge on any atom is 0.249 e. The molecule has 0 saturated carbocycles. The fraction of sp³-hybridized carbons (Fsp3) is 0.182. The molecule has 5 nitrogen and oxygen atoms in total. The molecule has 0 aliphatic rings. The SMILES string of the molecule is CCOC=Nc1ccccc1-c1nnco1. The second-order valence-electron chi connectivity index (χ2n) is 2.95.